The summed E-state index contributed by atoms with van der Waals surface area (Å²) < 4.78 is 0. The molecule has 0 aliphatic rings. The fourth-order valence-corrected chi connectivity index (χ4v) is 1.62. The Morgan fingerprint density at radius 1 is 1.26 bits per heavy atom. The van der Waals surface area contributed by atoms with Crippen LogP contribution in [0.3, 0.4) is 0 Å². The molecule has 0 radical (unpaired) electrons. The normalized spacial score (nSPS) is 10.4. The van der Waals surface area contributed by atoms with Gasteiger partial charge in [0.1, 0.15) is 5.69 Å². The van der Waals surface area contributed by atoms with Gasteiger partial charge < -0.3 is 10.0 Å². The lowest BCUT2D eigenvalue weighted by Gasteiger charge is -2.15. The standard InChI is InChI=1S/C13H13N3O3/c1-16(7-6-12(17)18)13(19)11-8-14-9-4-2-3-5-10(9)15-11/h2-5,8H,6-7H2,1H3,(H,17,18). The maximum Gasteiger partial charge on any atom is 0.305 e. The quantitative estimate of drug-likeness (QED) is 0.891. The Morgan fingerprint density at radius 2 is 1.95 bits per heavy atom. The monoisotopic (exact) mass is 259 g/mol. The molecule has 2 rings (SSSR count). The first kappa shape index (κ1) is 12.9. The van der Waals surface area contributed by atoms with E-state index in [1.54, 1.807) is 13.1 Å². The lowest BCUT2D eigenvalue weighted by atomic mass is 10.3. The molecular formula is C13H13N3O3. The molecule has 1 aromatic carbocycles. The molecule has 0 saturated carbocycles. The third-order valence-electron chi connectivity index (χ3n) is 2.68. The molecule has 6 heteroatoms. The topological polar surface area (TPSA) is 83.4 Å². The van der Waals surface area contributed by atoms with Crippen LogP contribution in [0.15, 0.2) is 30.5 Å². The molecule has 0 bridgehead atoms. The van der Waals surface area contributed by atoms with Gasteiger partial charge in [-0.25, -0.2) is 4.98 Å². The minimum absolute atomic E-state index is 0.0940. The van der Waals surface area contributed by atoms with E-state index in [2.05, 4.69) is 9.97 Å². The lowest BCUT2D eigenvalue weighted by Crippen LogP contribution is -2.29. The highest BCUT2D eigenvalue weighted by atomic mass is 16.4. The maximum absolute atomic E-state index is 12.0. The van der Waals surface area contributed by atoms with Crippen LogP contribution in [0.2, 0.25) is 0 Å². The van der Waals surface area contributed by atoms with Crippen LogP contribution in [0.1, 0.15) is 16.9 Å². The number of hydrogen-bond acceptors (Lipinski definition) is 4. The summed E-state index contributed by atoms with van der Waals surface area (Å²) in [4.78, 5) is 32.2. The Bertz CT molecular complexity index is 627. The Balaban J connectivity index is 2.19. The number of carbonyl (C=O) groups is 2. The van der Waals surface area contributed by atoms with Crippen molar-refractivity contribution >= 4 is 22.9 Å². The second kappa shape index (κ2) is 5.43. The number of aliphatic carboxylic acids is 1. The zero-order valence-corrected chi connectivity index (χ0v) is 10.4. The largest absolute Gasteiger partial charge is 0.481 e. The lowest BCUT2D eigenvalue weighted by molar-refractivity contribution is -0.137. The summed E-state index contributed by atoms with van der Waals surface area (Å²) in [7, 11) is 1.54. The second-order valence-corrected chi connectivity index (χ2v) is 4.11. The van der Waals surface area contributed by atoms with Crippen molar-refractivity contribution in [3.8, 4) is 0 Å². The average Bonchev–Trinajstić information content (AvgIpc) is 2.43. The first-order valence-corrected chi connectivity index (χ1v) is 5.77. The number of carboxylic acid groups (broad SMARTS) is 1. The third kappa shape index (κ3) is 3.04. The van der Waals surface area contributed by atoms with Gasteiger partial charge in [0, 0.05) is 13.6 Å². The SMILES string of the molecule is CN(CCC(=O)O)C(=O)c1cnc2ccccc2n1. The summed E-state index contributed by atoms with van der Waals surface area (Å²) in [6.45, 7) is 0.142. The first-order valence-electron chi connectivity index (χ1n) is 5.77. The molecule has 0 aliphatic heterocycles. The molecule has 98 valence electrons. The predicted molar refractivity (Wildman–Crippen MR) is 68.8 cm³/mol. The van der Waals surface area contributed by atoms with E-state index in [1.165, 1.54) is 11.1 Å². The van der Waals surface area contributed by atoms with Gasteiger partial charge >= 0.3 is 5.97 Å². The molecule has 1 aromatic heterocycles. The van der Waals surface area contributed by atoms with Gasteiger partial charge in [0.15, 0.2) is 0 Å². The van der Waals surface area contributed by atoms with Gasteiger partial charge in [-0.05, 0) is 12.1 Å². The number of fused-ring (bicyclic) bond motifs is 1. The van der Waals surface area contributed by atoms with Gasteiger partial charge in [0.05, 0.1) is 23.7 Å². The Kier molecular flexibility index (Phi) is 3.70. The Morgan fingerprint density at radius 3 is 2.63 bits per heavy atom. The zero-order valence-electron chi connectivity index (χ0n) is 10.4. The van der Waals surface area contributed by atoms with Crippen molar-refractivity contribution < 1.29 is 14.7 Å². The number of carboxylic acids is 1. The fourth-order valence-electron chi connectivity index (χ4n) is 1.62. The van der Waals surface area contributed by atoms with Crippen LogP contribution in [-0.4, -0.2) is 45.4 Å². The molecule has 1 amide bonds. The number of rotatable bonds is 4. The summed E-state index contributed by atoms with van der Waals surface area (Å²) in [5, 5.41) is 8.59. The van der Waals surface area contributed by atoms with Crippen molar-refractivity contribution in [1.29, 1.82) is 0 Å². The van der Waals surface area contributed by atoms with Gasteiger partial charge in [-0.2, -0.15) is 0 Å². The second-order valence-electron chi connectivity index (χ2n) is 4.11. The van der Waals surface area contributed by atoms with Crippen LogP contribution in [0.4, 0.5) is 0 Å². The van der Waals surface area contributed by atoms with Gasteiger partial charge in [-0.15, -0.1) is 0 Å². The van der Waals surface area contributed by atoms with Crippen molar-refractivity contribution in [3.05, 3.63) is 36.2 Å². The van der Waals surface area contributed by atoms with E-state index in [0.717, 1.165) is 0 Å². The smallest absolute Gasteiger partial charge is 0.305 e. The zero-order chi connectivity index (χ0) is 13.8. The fraction of sp³-hybridized carbons (Fsp3) is 0.231. The van der Waals surface area contributed by atoms with E-state index < -0.39 is 5.97 Å². The maximum atomic E-state index is 12.0. The summed E-state index contributed by atoms with van der Waals surface area (Å²) in [5.41, 5.74) is 1.57. The van der Waals surface area contributed by atoms with Crippen LogP contribution < -0.4 is 0 Å². The summed E-state index contributed by atoms with van der Waals surface area (Å²) in [6, 6.07) is 7.25. The molecule has 0 fully saturated rings. The molecule has 1 heterocycles. The highest BCUT2D eigenvalue weighted by Crippen LogP contribution is 2.09. The number of hydrogen-bond donors (Lipinski definition) is 1. The number of para-hydroxylation sites is 2. The van der Waals surface area contributed by atoms with E-state index in [-0.39, 0.29) is 24.6 Å². The van der Waals surface area contributed by atoms with Gasteiger partial charge in [-0.1, -0.05) is 12.1 Å². The highest BCUT2D eigenvalue weighted by molar-refractivity contribution is 5.93. The van der Waals surface area contributed by atoms with E-state index in [9.17, 15) is 9.59 Å². The Hall–Kier alpha value is -2.50. The summed E-state index contributed by atoms with van der Waals surface area (Å²) in [5.74, 6) is -1.27. The molecule has 6 nitrogen and oxygen atoms in total. The van der Waals surface area contributed by atoms with Crippen molar-refractivity contribution in [3.63, 3.8) is 0 Å². The first-order chi connectivity index (χ1) is 9.08. The molecule has 0 saturated heterocycles. The van der Waals surface area contributed by atoms with Crippen LogP contribution in [0.25, 0.3) is 11.0 Å². The number of aromatic nitrogens is 2. The third-order valence-corrected chi connectivity index (χ3v) is 2.68. The minimum Gasteiger partial charge on any atom is -0.481 e. The van der Waals surface area contributed by atoms with Crippen molar-refractivity contribution in [2.24, 2.45) is 0 Å². The van der Waals surface area contributed by atoms with Crippen LogP contribution in [0.5, 0.6) is 0 Å². The van der Waals surface area contributed by atoms with Crippen molar-refractivity contribution in [2.45, 2.75) is 6.42 Å². The van der Waals surface area contributed by atoms with Crippen molar-refractivity contribution in [2.75, 3.05) is 13.6 Å². The average molecular weight is 259 g/mol. The summed E-state index contributed by atoms with van der Waals surface area (Å²) >= 11 is 0. The molecule has 0 spiro atoms. The van der Waals surface area contributed by atoms with E-state index in [4.69, 9.17) is 5.11 Å². The number of benzene rings is 1. The van der Waals surface area contributed by atoms with E-state index >= 15 is 0 Å². The van der Waals surface area contributed by atoms with Crippen LogP contribution in [0, 0.1) is 0 Å². The molecule has 1 N–H and O–H groups in total. The van der Waals surface area contributed by atoms with Crippen LogP contribution in [-0.2, 0) is 4.79 Å². The molecule has 2 aromatic rings. The number of amides is 1. The molecule has 0 unspecified atom stereocenters. The highest BCUT2D eigenvalue weighted by Gasteiger charge is 2.15. The molecule has 19 heavy (non-hydrogen) atoms. The summed E-state index contributed by atoms with van der Waals surface area (Å²) in [6.07, 6.45) is 1.31. The number of nitrogens with zero attached hydrogens (tertiary/aromatic N) is 3. The Labute approximate surface area is 109 Å². The van der Waals surface area contributed by atoms with Gasteiger partial charge in [0.2, 0.25) is 0 Å². The van der Waals surface area contributed by atoms with Gasteiger partial charge in [-0.3, -0.25) is 14.6 Å². The van der Waals surface area contributed by atoms with E-state index in [0.29, 0.717) is 11.0 Å². The van der Waals surface area contributed by atoms with Gasteiger partial charge in [0.25, 0.3) is 5.91 Å². The van der Waals surface area contributed by atoms with E-state index in [1.807, 2.05) is 18.2 Å². The molecular weight excluding hydrogens is 246 g/mol. The predicted octanol–water partition coefficient (Wildman–Crippen LogP) is 1.18. The van der Waals surface area contributed by atoms with Crippen molar-refractivity contribution in [1.82, 2.24) is 14.9 Å². The molecule has 0 atom stereocenters. The number of carbonyl (C=O) groups excluding carboxylic acids is 1. The minimum atomic E-state index is -0.941. The van der Waals surface area contributed by atoms with Crippen LogP contribution >= 0.6 is 0 Å². The molecule has 0 aliphatic carbocycles.